The van der Waals surface area contributed by atoms with E-state index in [1.165, 1.54) is 6.20 Å². The van der Waals surface area contributed by atoms with Crippen molar-refractivity contribution in [1.82, 2.24) is 14.9 Å². The Morgan fingerprint density at radius 1 is 1.30 bits per heavy atom. The number of aryl methyl sites for hydroxylation is 2. The topological polar surface area (TPSA) is 55.3 Å². The lowest BCUT2D eigenvalue weighted by atomic mass is 10.1. The van der Waals surface area contributed by atoms with Gasteiger partial charge in [-0.05, 0) is 38.5 Å². The van der Waals surface area contributed by atoms with Gasteiger partial charge < -0.3 is 9.64 Å². The monoisotopic (exact) mass is 379 g/mol. The Labute approximate surface area is 155 Å². The Morgan fingerprint density at radius 2 is 2.04 bits per heavy atom. The van der Waals surface area contributed by atoms with E-state index in [2.05, 4.69) is 9.97 Å². The zero-order chi connectivity index (χ0) is 19.8. The fraction of sp³-hybridized carbons (Fsp3) is 0.421. The van der Waals surface area contributed by atoms with E-state index < -0.39 is 19.2 Å². The second kappa shape index (κ2) is 7.17. The molecule has 0 bridgehead atoms. The van der Waals surface area contributed by atoms with Gasteiger partial charge in [0.15, 0.2) is 0 Å². The fourth-order valence-electron chi connectivity index (χ4n) is 3.09. The van der Waals surface area contributed by atoms with Crippen molar-refractivity contribution in [2.75, 3.05) is 6.61 Å². The van der Waals surface area contributed by atoms with Crippen LogP contribution in [0.3, 0.4) is 0 Å². The number of carbonyl (C=O) groups excluding carboxylic acids is 1. The largest absolute Gasteiger partial charge is 0.491 e. The third-order valence-corrected chi connectivity index (χ3v) is 4.71. The van der Waals surface area contributed by atoms with Gasteiger partial charge in [0.05, 0.1) is 31.0 Å². The van der Waals surface area contributed by atoms with Crippen LogP contribution in [-0.4, -0.2) is 33.6 Å². The van der Waals surface area contributed by atoms with Crippen molar-refractivity contribution in [3.05, 3.63) is 52.6 Å². The number of carbonyl (C=O) groups is 1. The van der Waals surface area contributed by atoms with Crippen molar-refractivity contribution in [2.24, 2.45) is 0 Å². The first-order chi connectivity index (χ1) is 12.7. The van der Waals surface area contributed by atoms with E-state index in [0.29, 0.717) is 29.1 Å². The molecule has 8 heteroatoms. The highest BCUT2D eigenvalue weighted by Gasteiger charge is 2.33. The summed E-state index contributed by atoms with van der Waals surface area (Å²) in [7, 11) is 0. The zero-order valence-corrected chi connectivity index (χ0v) is 15.3. The summed E-state index contributed by atoms with van der Waals surface area (Å²) >= 11 is 0. The van der Waals surface area contributed by atoms with Crippen LogP contribution in [0.2, 0.25) is 0 Å². The standard InChI is InChI=1S/C19H20F3N3O2/c1-11-8-16(24-9-17(11)27-7-5-19(20,21)22)13(3)25-10-15-12(2)23-6-4-14(15)18(25)26/h4,6,8-9,13H,5,7,10H2,1-3H3. The third-order valence-electron chi connectivity index (χ3n) is 4.71. The van der Waals surface area contributed by atoms with Gasteiger partial charge in [-0.15, -0.1) is 0 Å². The number of alkyl halides is 3. The van der Waals surface area contributed by atoms with Crippen LogP contribution in [0.4, 0.5) is 13.2 Å². The molecule has 0 fully saturated rings. The number of halogens is 3. The number of rotatable bonds is 5. The number of amides is 1. The van der Waals surface area contributed by atoms with Gasteiger partial charge in [-0.3, -0.25) is 14.8 Å². The fourth-order valence-corrected chi connectivity index (χ4v) is 3.09. The van der Waals surface area contributed by atoms with Gasteiger partial charge in [0.2, 0.25) is 0 Å². The number of hydrogen-bond acceptors (Lipinski definition) is 4. The molecule has 0 aliphatic carbocycles. The van der Waals surface area contributed by atoms with Gasteiger partial charge in [0.1, 0.15) is 5.75 Å². The predicted molar refractivity (Wildman–Crippen MR) is 92.4 cm³/mol. The Hall–Kier alpha value is -2.64. The summed E-state index contributed by atoms with van der Waals surface area (Å²) in [6, 6.07) is 3.18. The van der Waals surface area contributed by atoms with Crippen molar-refractivity contribution < 1.29 is 22.7 Å². The smallest absolute Gasteiger partial charge is 0.392 e. The highest BCUT2D eigenvalue weighted by atomic mass is 19.4. The number of nitrogens with zero attached hydrogens (tertiary/aromatic N) is 3. The molecule has 27 heavy (non-hydrogen) atoms. The first kappa shape index (κ1) is 19.1. The van der Waals surface area contributed by atoms with Crippen LogP contribution in [0.25, 0.3) is 0 Å². The number of ether oxygens (including phenoxy) is 1. The first-order valence-electron chi connectivity index (χ1n) is 8.59. The Kier molecular flexibility index (Phi) is 5.08. The summed E-state index contributed by atoms with van der Waals surface area (Å²) in [5.74, 6) is 0.235. The van der Waals surface area contributed by atoms with Crippen molar-refractivity contribution in [1.29, 1.82) is 0 Å². The van der Waals surface area contributed by atoms with Crippen LogP contribution in [0.5, 0.6) is 5.75 Å². The molecule has 0 saturated carbocycles. The summed E-state index contributed by atoms with van der Waals surface area (Å²) in [6.45, 7) is 5.50. The van der Waals surface area contributed by atoms with Crippen molar-refractivity contribution in [3.8, 4) is 5.75 Å². The molecule has 0 N–H and O–H groups in total. The lowest BCUT2D eigenvalue weighted by Crippen LogP contribution is -2.28. The lowest BCUT2D eigenvalue weighted by Gasteiger charge is -2.24. The average molecular weight is 379 g/mol. The highest BCUT2D eigenvalue weighted by molar-refractivity contribution is 5.98. The van der Waals surface area contributed by atoms with Crippen LogP contribution in [0.1, 0.15) is 52.3 Å². The molecular weight excluding hydrogens is 359 g/mol. The summed E-state index contributed by atoms with van der Waals surface area (Å²) in [5.41, 5.74) is 3.72. The molecule has 5 nitrogen and oxygen atoms in total. The van der Waals surface area contributed by atoms with Crippen LogP contribution in [-0.2, 0) is 6.54 Å². The molecule has 2 aromatic heterocycles. The molecule has 144 valence electrons. The zero-order valence-electron chi connectivity index (χ0n) is 15.3. The number of hydrogen-bond donors (Lipinski definition) is 0. The molecule has 1 aliphatic heterocycles. The second-order valence-corrected chi connectivity index (χ2v) is 6.62. The molecule has 1 atom stereocenters. The molecule has 0 saturated heterocycles. The van der Waals surface area contributed by atoms with E-state index in [0.717, 1.165) is 11.3 Å². The molecule has 0 spiro atoms. The second-order valence-electron chi connectivity index (χ2n) is 6.62. The van der Waals surface area contributed by atoms with Gasteiger partial charge in [-0.25, -0.2) is 0 Å². The molecule has 0 aromatic carbocycles. The maximum Gasteiger partial charge on any atom is 0.392 e. The van der Waals surface area contributed by atoms with Crippen LogP contribution < -0.4 is 4.74 Å². The Morgan fingerprint density at radius 3 is 2.67 bits per heavy atom. The SMILES string of the molecule is Cc1cc(C(C)N2Cc3c(ccnc3C)C2=O)ncc1OCCC(F)(F)F. The summed E-state index contributed by atoms with van der Waals surface area (Å²) in [6.07, 6.45) is -2.24. The Bertz CT molecular complexity index is 868. The highest BCUT2D eigenvalue weighted by Crippen LogP contribution is 2.32. The van der Waals surface area contributed by atoms with E-state index in [1.807, 2.05) is 13.8 Å². The van der Waals surface area contributed by atoms with Gasteiger partial charge in [0, 0.05) is 29.6 Å². The first-order valence-corrected chi connectivity index (χ1v) is 8.59. The number of pyridine rings is 2. The average Bonchev–Trinajstić information content (AvgIpc) is 2.93. The van der Waals surface area contributed by atoms with E-state index in [-0.39, 0.29) is 11.9 Å². The van der Waals surface area contributed by atoms with E-state index in [4.69, 9.17) is 4.74 Å². The molecule has 2 aromatic rings. The summed E-state index contributed by atoms with van der Waals surface area (Å²) in [4.78, 5) is 22.9. The maximum absolute atomic E-state index is 12.7. The molecule has 1 aliphatic rings. The van der Waals surface area contributed by atoms with Crippen LogP contribution in [0, 0.1) is 13.8 Å². The molecule has 1 amide bonds. The minimum atomic E-state index is -4.26. The minimum absolute atomic E-state index is 0.0760. The van der Waals surface area contributed by atoms with Crippen LogP contribution in [0.15, 0.2) is 24.5 Å². The maximum atomic E-state index is 12.7. The van der Waals surface area contributed by atoms with Crippen LogP contribution >= 0.6 is 0 Å². The van der Waals surface area contributed by atoms with Crippen molar-refractivity contribution in [2.45, 2.75) is 46.0 Å². The molecular formula is C19H20F3N3O2. The quantitative estimate of drug-likeness (QED) is 0.783. The van der Waals surface area contributed by atoms with Gasteiger partial charge in [-0.1, -0.05) is 0 Å². The summed E-state index contributed by atoms with van der Waals surface area (Å²) in [5, 5.41) is 0. The van der Waals surface area contributed by atoms with Crippen molar-refractivity contribution in [3.63, 3.8) is 0 Å². The predicted octanol–water partition coefficient (Wildman–Crippen LogP) is 4.14. The Balaban J connectivity index is 1.73. The van der Waals surface area contributed by atoms with E-state index >= 15 is 0 Å². The molecule has 3 rings (SSSR count). The number of fused-ring (bicyclic) bond motifs is 1. The van der Waals surface area contributed by atoms with Gasteiger partial charge in [0.25, 0.3) is 5.91 Å². The number of aromatic nitrogens is 2. The lowest BCUT2D eigenvalue weighted by molar-refractivity contribution is -0.139. The minimum Gasteiger partial charge on any atom is -0.491 e. The van der Waals surface area contributed by atoms with E-state index in [1.54, 1.807) is 30.2 Å². The van der Waals surface area contributed by atoms with Gasteiger partial charge >= 0.3 is 6.18 Å². The third kappa shape index (κ3) is 4.04. The van der Waals surface area contributed by atoms with Gasteiger partial charge in [-0.2, -0.15) is 13.2 Å². The molecule has 0 radical (unpaired) electrons. The normalized spacial score (nSPS) is 15.0. The summed E-state index contributed by atoms with van der Waals surface area (Å²) < 4.78 is 41.9. The molecule has 1 unspecified atom stereocenters. The molecule has 3 heterocycles. The van der Waals surface area contributed by atoms with E-state index in [9.17, 15) is 18.0 Å². The van der Waals surface area contributed by atoms with Crippen molar-refractivity contribution >= 4 is 5.91 Å².